The summed E-state index contributed by atoms with van der Waals surface area (Å²) in [6.45, 7) is 3.15. The van der Waals surface area contributed by atoms with Crippen molar-refractivity contribution in [3.63, 3.8) is 0 Å². The first kappa shape index (κ1) is 22.6. The molecule has 0 heterocycles. The van der Waals surface area contributed by atoms with Crippen molar-refractivity contribution in [2.24, 2.45) is 0 Å². The topological polar surface area (TPSA) is 67.2 Å². The zero-order valence-corrected chi connectivity index (χ0v) is 17.5. The molecule has 152 valence electrons. The maximum atomic E-state index is 12.6. The lowest BCUT2D eigenvalue weighted by molar-refractivity contribution is 0.119. The number of benzene rings is 2. The minimum Gasteiger partial charge on any atom is -0.377 e. The van der Waals surface area contributed by atoms with E-state index < -0.39 is 15.1 Å². The first-order valence-electron chi connectivity index (χ1n) is 9.66. The second kappa shape index (κ2) is 12.0. The molecule has 0 radical (unpaired) electrons. The number of allylic oxidation sites excluding steroid dienone is 4. The highest BCUT2D eigenvalue weighted by molar-refractivity contribution is 7.92. The molecular formula is C24H27NO3S. The molecule has 1 unspecified atom stereocenters. The lowest BCUT2D eigenvalue weighted by Crippen LogP contribution is -2.20. The van der Waals surface area contributed by atoms with Crippen molar-refractivity contribution in [1.29, 1.82) is 5.26 Å². The molecule has 0 aromatic heterocycles. The molecule has 1 atom stereocenters. The molecule has 0 aliphatic rings. The second-order valence-electron chi connectivity index (χ2n) is 6.80. The van der Waals surface area contributed by atoms with E-state index >= 15 is 0 Å². The molecule has 0 saturated carbocycles. The third-order valence-electron chi connectivity index (χ3n) is 4.39. The van der Waals surface area contributed by atoms with E-state index in [9.17, 15) is 13.7 Å². The Morgan fingerprint density at radius 1 is 1.10 bits per heavy atom. The first-order chi connectivity index (χ1) is 14.0. The van der Waals surface area contributed by atoms with Crippen LogP contribution in [0.4, 0.5) is 0 Å². The van der Waals surface area contributed by atoms with Crippen LogP contribution in [0.2, 0.25) is 0 Å². The van der Waals surface area contributed by atoms with E-state index in [-0.39, 0.29) is 11.3 Å². The summed E-state index contributed by atoms with van der Waals surface area (Å²) in [6.07, 6.45) is 7.80. The van der Waals surface area contributed by atoms with Crippen LogP contribution in [-0.2, 0) is 21.2 Å². The van der Waals surface area contributed by atoms with E-state index in [4.69, 9.17) is 4.74 Å². The van der Waals surface area contributed by atoms with E-state index in [0.717, 1.165) is 18.4 Å². The SMILES string of the molecule is C/C(=C\C=C\CCCOCc1ccccc1)CC(C#N)S(=O)(=O)c1ccccc1. The van der Waals surface area contributed by atoms with Gasteiger partial charge in [0.05, 0.1) is 17.6 Å². The van der Waals surface area contributed by atoms with Gasteiger partial charge in [0.1, 0.15) is 0 Å². The third-order valence-corrected chi connectivity index (χ3v) is 6.34. The molecule has 0 spiro atoms. The predicted octanol–water partition coefficient (Wildman–Crippen LogP) is 5.24. The van der Waals surface area contributed by atoms with Crippen molar-refractivity contribution >= 4 is 9.84 Å². The fourth-order valence-electron chi connectivity index (χ4n) is 2.76. The van der Waals surface area contributed by atoms with Crippen LogP contribution in [0, 0.1) is 11.3 Å². The number of nitrogens with zero attached hydrogens (tertiary/aromatic N) is 1. The molecule has 0 saturated heterocycles. The Morgan fingerprint density at radius 2 is 1.76 bits per heavy atom. The fourth-order valence-corrected chi connectivity index (χ4v) is 4.24. The zero-order valence-electron chi connectivity index (χ0n) is 16.7. The molecule has 0 bridgehead atoms. The van der Waals surface area contributed by atoms with Gasteiger partial charge in [-0.15, -0.1) is 0 Å². The molecule has 0 amide bonds. The summed E-state index contributed by atoms with van der Waals surface area (Å²) < 4.78 is 30.8. The van der Waals surface area contributed by atoms with Crippen LogP contribution < -0.4 is 0 Å². The Balaban J connectivity index is 1.75. The first-order valence-corrected chi connectivity index (χ1v) is 11.2. The van der Waals surface area contributed by atoms with E-state index in [1.807, 2.05) is 61.6 Å². The van der Waals surface area contributed by atoms with Crippen molar-refractivity contribution < 1.29 is 13.2 Å². The Morgan fingerprint density at radius 3 is 2.41 bits per heavy atom. The molecule has 5 heteroatoms. The number of sulfone groups is 1. The minimum atomic E-state index is -3.66. The van der Waals surface area contributed by atoms with Gasteiger partial charge in [-0.1, -0.05) is 72.3 Å². The lowest BCUT2D eigenvalue weighted by Gasteiger charge is -2.11. The van der Waals surface area contributed by atoms with Crippen LogP contribution in [0.15, 0.2) is 89.4 Å². The quantitative estimate of drug-likeness (QED) is 0.376. The third kappa shape index (κ3) is 7.69. The van der Waals surface area contributed by atoms with Crippen LogP contribution in [0.3, 0.4) is 0 Å². The normalized spacial score (nSPS) is 13.3. The van der Waals surface area contributed by atoms with Crippen molar-refractivity contribution in [3.05, 3.63) is 90.0 Å². The Labute approximate surface area is 174 Å². The summed E-state index contributed by atoms with van der Waals surface area (Å²) in [7, 11) is -3.66. The van der Waals surface area contributed by atoms with Gasteiger partial charge in [0.2, 0.25) is 0 Å². The highest BCUT2D eigenvalue weighted by atomic mass is 32.2. The molecule has 2 aromatic rings. The highest BCUT2D eigenvalue weighted by Gasteiger charge is 2.27. The second-order valence-corrected chi connectivity index (χ2v) is 8.93. The monoisotopic (exact) mass is 409 g/mol. The van der Waals surface area contributed by atoms with Gasteiger partial charge in [-0.05, 0) is 43.9 Å². The highest BCUT2D eigenvalue weighted by Crippen LogP contribution is 2.20. The van der Waals surface area contributed by atoms with E-state index in [0.29, 0.717) is 13.2 Å². The Kier molecular flexibility index (Phi) is 9.36. The molecule has 29 heavy (non-hydrogen) atoms. The van der Waals surface area contributed by atoms with Crippen molar-refractivity contribution in [2.75, 3.05) is 6.61 Å². The summed E-state index contributed by atoms with van der Waals surface area (Å²) in [6, 6.07) is 20.1. The lowest BCUT2D eigenvalue weighted by atomic mass is 10.1. The van der Waals surface area contributed by atoms with Crippen LogP contribution in [0.25, 0.3) is 0 Å². The van der Waals surface area contributed by atoms with Gasteiger partial charge >= 0.3 is 0 Å². The maximum absolute atomic E-state index is 12.6. The van der Waals surface area contributed by atoms with Gasteiger partial charge in [0.25, 0.3) is 0 Å². The minimum absolute atomic E-state index is 0.186. The summed E-state index contributed by atoms with van der Waals surface area (Å²) in [5, 5.41) is 8.28. The van der Waals surface area contributed by atoms with Gasteiger partial charge in [0, 0.05) is 6.61 Å². The largest absolute Gasteiger partial charge is 0.377 e. The van der Waals surface area contributed by atoms with Crippen LogP contribution in [0.5, 0.6) is 0 Å². The average molecular weight is 410 g/mol. The van der Waals surface area contributed by atoms with Crippen molar-refractivity contribution in [3.8, 4) is 6.07 Å². The van der Waals surface area contributed by atoms with Crippen molar-refractivity contribution in [1.82, 2.24) is 0 Å². The van der Waals surface area contributed by atoms with E-state index in [1.54, 1.807) is 18.2 Å². The fraction of sp³-hybridized carbons (Fsp3) is 0.292. The van der Waals surface area contributed by atoms with Crippen LogP contribution in [0.1, 0.15) is 31.7 Å². The average Bonchev–Trinajstić information content (AvgIpc) is 2.75. The molecule has 0 aliphatic carbocycles. The Hall–Kier alpha value is -2.68. The molecule has 4 nitrogen and oxygen atoms in total. The smallest absolute Gasteiger partial charge is 0.194 e. The number of unbranched alkanes of at least 4 members (excludes halogenated alkanes) is 1. The number of nitriles is 1. The van der Waals surface area contributed by atoms with Crippen LogP contribution in [-0.4, -0.2) is 20.3 Å². The Bertz CT molecular complexity index is 943. The summed E-state index contributed by atoms with van der Waals surface area (Å²) >= 11 is 0. The standard InChI is InChI=1S/C24H27NO3S/c1-21(18-24(19-25)29(26,27)23-15-9-5-10-16-23)12-6-2-3-11-17-28-20-22-13-7-4-8-14-22/h2,4-10,12-16,24H,3,11,17-18,20H2,1H3/b6-2+,21-12+. The van der Waals surface area contributed by atoms with Gasteiger partial charge in [-0.3, -0.25) is 0 Å². The summed E-state index contributed by atoms with van der Waals surface area (Å²) in [5.41, 5.74) is 2.02. The summed E-state index contributed by atoms with van der Waals surface area (Å²) in [4.78, 5) is 0.186. The van der Waals surface area contributed by atoms with Gasteiger partial charge < -0.3 is 4.74 Å². The van der Waals surface area contributed by atoms with Crippen LogP contribution >= 0.6 is 0 Å². The molecule has 0 N–H and O–H groups in total. The number of hydrogen-bond donors (Lipinski definition) is 0. The van der Waals surface area contributed by atoms with Gasteiger partial charge in [-0.25, -0.2) is 8.42 Å². The van der Waals surface area contributed by atoms with Crippen molar-refractivity contribution in [2.45, 2.75) is 42.9 Å². The van der Waals surface area contributed by atoms with Gasteiger partial charge in [0.15, 0.2) is 15.1 Å². The summed E-state index contributed by atoms with van der Waals surface area (Å²) in [5.74, 6) is 0. The van der Waals surface area contributed by atoms with E-state index in [2.05, 4.69) is 0 Å². The molecule has 2 rings (SSSR count). The molecule has 0 fully saturated rings. The zero-order chi connectivity index (χ0) is 21.0. The molecule has 0 aliphatic heterocycles. The molecular weight excluding hydrogens is 382 g/mol. The number of rotatable bonds is 11. The van der Waals surface area contributed by atoms with E-state index in [1.165, 1.54) is 17.7 Å². The molecule has 2 aromatic carbocycles. The van der Waals surface area contributed by atoms with Gasteiger partial charge in [-0.2, -0.15) is 5.26 Å². The number of ether oxygens (including phenoxy) is 1. The number of hydrogen-bond acceptors (Lipinski definition) is 4. The predicted molar refractivity (Wildman–Crippen MR) is 116 cm³/mol. The maximum Gasteiger partial charge on any atom is 0.194 e.